The molecule has 0 saturated heterocycles. The summed E-state index contributed by atoms with van der Waals surface area (Å²) in [6.45, 7) is 3.15. The zero-order valence-corrected chi connectivity index (χ0v) is 35.0. The number of carbonyl (C=O) groups excluding carboxylic acids is 3. The first-order chi connectivity index (χ1) is 27.5. The molecule has 0 radical (unpaired) electrons. The van der Waals surface area contributed by atoms with Crippen LogP contribution in [0.15, 0.2) is 97.2 Å². The molecule has 0 unspecified atom stereocenters. The van der Waals surface area contributed by atoms with Crippen LogP contribution in [0.2, 0.25) is 0 Å². The van der Waals surface area contributed by atoms with Gasteiger partial charge in [-0.3, -0.25) is 18.9 Å². The molecule has 1 rings (SSSR count). The average molecular weight is 817 g/mol. The maximum Gasteiger partial charge on any atom is 0.469 e. The van der Waals surface area contributed by atoms with Crippen LogP contribution < -0.4 is 0 Å². The molecule has 0 heterocycles. The molecule has 1 fully saturated rings. The number of hydrogen-bond acceptors (Lipinski definition) is 9. The quantitative estimate of drug-likeness (QED) is 0.0220. The fourth-order valence-corrected chi connectivity index (χ4v) is 6.21. The smallest absolute Gasteiger partial charge is 0.462 e. The van der Waals surface area contributed by atoms with Gasteiger partial charge >= 0.3 is 19.8 Å². The van der Waals surface area contributed by atoms with Gasteiger partial charge in [-0.2, -0.15) is 0 Å². The molecular weight excluding hydrogens is 747 g/mol. The number of hydrogen-bond donors (Lipinski definition) is 4. The minimum atomic E-state index is -4.85. The second kappa shape index (κ2) is 33.5. The molecule has 11 nitrogen and oxygen atoms in total. The van der Waals surface area contributed by atoms with Crippen molar-refractivity contribution in [3.63, 3.8) is 0 Å². The SMILES string of the molecule is CC/C=C\C/C=C\C/C=C\C/C=C\C/C=C\C/C=C\CCC(=O)O[C@H](COC(=O)CCC/C=C\C[C@H]1[C@@H](O)CC(=O)[C@@H]1/C=C/[C@@H](O)CCCCC)COP(=O)(O)O. The van der Waals surface area contributed by atoms with Crippen molar-refractivity contribution in [2.75, 3.05) is 13.2 Å². The molecule has 1 saturated carbocycles. The van der Waals surface area contributed by atoms with Crippen LogP contribution in [0, 0.1) is 11.8 Å². The van der Waals surface area contributed by atoms with E-state index in [-0.39, 0.29) is 31.0 Å². The van der Waals surface area contributed by atoms with Crippen molar-refractivity contribution in [2.45, 2.75) is 141 Å². The van der Waals surface area contributed by atoms with E-state index in [2.05, 4.69) is 73.1 Å². The molecule has 4 N–H and O–H groups in total. The summed E-state index contributed by atoms with van der Waals surface area (Å²) >= 11 is 0. The van der Waals surface area contributed by atoms with Crippen molar-refractivity contribution in [2.24, 2.45) is 11.8 Å². The van der Waals surface area contributed by atoms with Gasteiger partial charge < -0.3 is 29.5 Å². The van der Waals surface area contributed by atoms with Crippen molar-refractivity contribution < 1.29 is 52.9 Å². The maximum absolute atomic E-state index is 12.5. The average Bonchev–Trinajstić information content (AvgIpc) is 3.44. The molecule has 0 aromatic heterocycles. The largest absolute Gasteiger partial charge is 0.469 e. The first-order valence-electron chi connectivity index (χ1n) is 20.6. The Balaban J connectivity index is 2.36. The van der Waals surface area contributed by atoms with E-state index in [1.54, 1.807) is 12.2 Å². The lowest BCUT2D eigenvalue weighted by atomic mass is 9.90. The van der Waals surface area contributed by atoms with Crippen LogP contribution in [-0.4, -0.2) is 69.2 Å². The lowest BCUT2D eigenvalue weighted by molar-refractivity contribution is -0.161. The number of carbonyl (C=O) groups is 3. The summed E-state index contributed by atoms with van der Waals surface area (Å²) in [5, 5.41) is 20.6. The van der Waals surface area contributed by atoms with Crippen LogP contribution in [0.1, 0.15) is 123 Å². The number of allylic oxidation sites excluding steroid dienone is 15. The Morgan fingerprint density at radius 3 is 1.91 bits per heavy atom. The first-order valence-corrected chi connectivity index (χ1v) is 22.2. The molecule has 5 atom stereocenters. The van der Waals surface area contributed by atoms with Crippen LogP contribution in [0.5, 0.6) is 0 Å². The summed E-state index contributed by atoms with van der Waals surface area (Å²) in [4.78, 5) is 55.4. The minimum absolute atomic E-state index is 0.0267. The highest BCUT2D eigenvalue weighted by Crippen LogP contribution is 2.36. The minimum Gasteiger partial charge on any atom is -0.462 e. The number of rotatable bonds is 32. The summed E-state index contributed by atoms with van der Waals surface area (Å²) in [6.07, 6.45) is 40.8. The first kappa shape index (κ1) is 51.6. The summed E-state index contributed by atoms with van der Waals surface area (Å²) in [5.41, 5.74) is 0. The highest BCUT2D eigenvalue weighted by Gasteiger charge is 2.39. The monoisotopic (exact) mass is 816 g/mol. The molecule has 0 aliphatic heterocycles. The predicted molar refractivity (Wildman–Crippen MR) is 226 cm³/mol. The van der Waals surface area contributed by atoms with Gasteiger partial charge in [-0.15, -0.1) is 0 Å². The molecule has 0 aromatic carbocycles. The maximum atomic E-state index is 12.5. The van der Waals surface area contributed by atoms with Gasteiger partial charge in [0.2, 0.25) is 0 Å². The normalized spacial score (nSPS) is 19.3. The van der Waals surface area contributed by atoms with E-state index >= 15 is 0 Å². The van der Waals surface area contributed by atoms with Gasteiger partial charge in [0.1, 0.15) is 12.4 Å². The Bertz CT molecular complexity index is 1400. The zero-order valence-electron chi connectivity index (χ0n) is 34.2. The number of aliphatic hydroxyl groups excluding tert-OH is 2. The van der Waals surface area contributed by atoms with E-state index in [1.807, 2.05) is 30.4 Å². The summed E-state index contributed by atoms with van der Waals surface area (Å²) in [5.74, 6) is -1.96. The molecule has 1 aliphatic carbocycles. The number of ketones is 1. The van der Waals surface area contributed by atoms with Crippen LogP contribution in [0.25, 0.3) is 0 Å². The van der Waals surface area contributed by atoms with E-state index in [9.17, 15) is 29.2 Å². The number of esters is 2. The molecule has 1 aliphatic rings. The topological polar surface area (TPSA) is 177 Å². The van der Waals surface area contributed by atoms with Gasteiger partial charge in [-0.1, -0.05) is 130 Å². The number of phosphoric ester groups is 1. The standard InChI is InChI=1S/C45H69O11P/c1-3-5-7-8-9-10-11-12-13-14-15-16-17-18-19-20-21-22-28-32-45(50)56-39(37-55-57(51,52)53)36-54-44(49)31-27-24-23-26-30-40-41(43(48)35-42(40)47)34-33-38(46)29-25-6-4-2/h5,7,9-10,12-13,15-16,18-19,21-23,26,33-34,38-42,46-47H,3-4,6,8,11,14,17,20,24-25,27-32,35-37H2,1-2H3,(H2,51,52,53)/b7-5-,10-9-,13-12-,16-15-,19-18-,22-21-,26-23-,34-33+/t38-,39+,40+,41+,42-/m0/s1. The van der Waals surface area contributed by atoms with Crippen molar-refractivity contribution in [1.82, 2.24) is 0 Å². The van der Waals surface area contributed by atoms with Gasteiger partial charge in [0.05, 0.1) is 18.8 Å². The molecule has 12 heteroatoms. The predicted octanol–water partition coefficient (Wildman–Crippen LogP) is 9.21. The van der Waals surface area contributed by atoms with Crippen molar-refractivity contribution in [3.05, 3.63) is 97.2 Å². The summed E-state index contributed by atoms with van der Waals surface area (Å²) in [6, 6.07) is 0. The summed E-state index contributed by atoms with van der Waals surface area (Å²) < 4.78 is 26.2. The van der Waals surface area contributed by atoms with E-state index in [4.69, 9.17) is 19.3 Å². The molecule has 0 amide bonds. The van der Waals surface area contributed by atoms with Crippen molar-refractivity contribution in [3.8, 4) is 0 Å². The molecule has 320 valence electrons. The summed E-state index contributed by atoms with van der Waals surface area (Å²) in [7, 11) is -4.85. The van der Waals surface area contributed by atoms with E-state index in [0.717, 1.165) is 51.4 Å². The van der Waals surface area contributed by atoms with Gasteiger partial charge in [0.25, 0.3) is 0 Å². The Morgan fingerprint density at radius 1 is 0.754 bits per heavy atom. The second-order valence-electron chi connectivity index (χ2n) is 14.0. The molecule has 0 bridgehead atoms. The third-order valence-corrected chi connectivity index (χ3v) is 9.46. The van der Waals surface area contributed by atoms with Gasteiger partial charge in [-0.05, 0) is 70.6 Å². The molecule has 57 heavy (non-hydrogen) atoms. The molecule has 0 aromatic rings. The van der Waals surface area contributed by atoms with Crippen molar-refractivity contribution >= 4 is 25.5 Å². The highest BCUT2D eigenvalue weighted by molar-refractivity contribution is 7.46. The number of unbranched alkanes of at least 4 members (excludes halogenated alkanes) is 3. The van der Waals surface area contributed by atoms with Crippen LogP contribution in [-0.2, 0) is 32.9 Å². The number of aliphatic hydroxyl groups is 2. The molecule has 0 spiro atoms. The Kier molecular flexibility index (Phi) is 30.3. The Hall–Kier alpha value is -3.44. The van der Waals surface area contributed by atoms with E-state index in [0.29, 0.717) is 38.5 Å². The Morgan fingerprint density at radius 2 is 1.33 bits per heavy atom. The van der Waals surface area contributed by atoms with E-state index < -0.39 is 57.2 Å². The lowest BCUT2D eigenvalue weighted by Gasteiger charge is -2.18. The number of Topliss-reactive ketones (excluding diaryl/α,β-unsaturated/α-hetero) is 1. The van der Waals surface area contributed by atoms with Gasteiger partial charge in [0.15, 0.2) is 6.10 Å². The highest BCUT2D eigenvalue weighted by atomic mass is 31.2. The van der Waals surface area contributed by atoms with Crippen LogP contribution in [0.4, 0.5) is 0 Å². The fraction of sp³-hybridized carbons (Fsp3) is 0.578. The van der Waals surface area contributed by atoms with Gasteiger partial charge in [-0.25, -0.2) is 4.57 Å². The van der Waals surface area contributed by atoms with E-state index in [1.165, 1.54) is 0 Å². The number of phosphoric acid groups is 1. The number of ether oxygens (including phenoxy) is 2. The second-order valence-corrected chi connectivity index (χ2v) is 15.2. The third kappa shape index (κ3) is 29.4. The fourth-order valence-electron chi connectivity index (χ4n) is 5.85. The van der Waals surface area contributed by atoms with Gasteiger partial charge in [0, 0.05) is 31.1 Å². The Labute approximate surface area is 341 Å². The zero-order chi connectivity index (χ0) is 42.0. The van der Waals surface area contributed by atoms with Crippen LogP contribution in [0.3, 0.4) is 0 Å². The molecular formula is C45H69O11P. The van der Waals surface area contributed by atoms with Crippen LogP contribution >= 0.6 is 7.82 Å². The lowest BCUT2D eigenvalue weighted by Crippen LogP contribution is -2.29. The van der Waals surface area contributed by atoms with Crippen molar-refractivity contribution in [1.29, 1.82) is 0 Å². The third-order valence-electron chi connectivity index (χ3n) is 8.98.